The van der Waals surface area contributed by atoms with E-state index in [4.69, 9.17) is 14.2 Å². The summed E-state index contributed by atoms with van der Waals surface area (Å²) < 4.78 is 15.4. The van der Waals surface area contributed by atoms with Crippen LogP contribution in [0.2, 0.25) is 0 Å². The molecule has 32 heavy (non-hydrogen) atoms. The van der Waals surface area contributed by atoms with Crippen molar-refractivity contribution in [1.82, 2.24) is 5.32 Å². The monoisotopic (exact) mass is 435 g/mol. The molecule has 0 aliphatic carbocycles. The van der Waals surface area contributed by atoms with Crippen molar-refractivity contribution in [2.75, 3.05) is 14.2 Å². The van der Waals surface area contributed by atoms with E-state index in [1.165, 1.54) is 14.2 Å². The van der Waals surface area contributed by atoms with E-state index < -0.39 is 23.8 Å². The Bertz CT molecular complexity index is 1090. The average Bonchev–Trinajstić information content (AvgIpc) is 2.78. The molecule has 0 bridgehead atoms. The second-order valence-corrected chi connectivity index (χ2v) is 7.39. The Morgan fingerprint density at radius 1 is 0.750 bits per heavy atom. The van der Waals surface area contributed by atoms with E-state index in [1.54, 1.807) is 50.2 Å². The minimum atomic E-state index is -0.697. The number of aryl methyl sites for hydroxylation is 1. The normalized spacial score (nSPS) is 14.0. The van der Waals surface area contributed by atoms with E-state index in [-0.39, 0.29) is 0 Å². The van der Waals surface area contributed by atoms with Crippen LogP contribution in [0.15, 0.2) is 71.1 Å². The maximum Gasteiger partial charge on any atom is 0.343 e. The Morgan fingerprint density at radius 2 is 1.28 bits per heavy atom. The number of ether oxygens (including phenoxy) is 3. The largest absolute Gasteiger partial charge is 0.466 e. The summed E-state index contributed by atoms with van der Waals surface area (Å²) in [5.74, 6) is -1.92. The van der Waals surface area contributed by atoms with Gasteiger partial charge in [0, 0.05) is 11.4 Å². The molecular weight excluding hydrogens is 410 g/mol. The topological polar surface area (TPSA) is 90.9 Å². The first-order valence-corrected chi connectivity index (χ1v) is 10.0. The van der Waals surface area contributed by atoms with Gasteiger partial charge in [-0.2, -0.15) is 0 Å². The van der Waals surface area contributed by atoms with E-state index in [0.29, 0.717) is 39.4 Å². The molecule has 1 heterocycles. The quantitative estimate of drug-likeness (QED) is 0.564. The van der Waals surface area contributed by atoms with Gasteiger partial charge in [0.15, 0.2) is 0 Å². The maximum atomic E-state index is 12.6. The number of dihydropyridines is 1. The molecule has 1 aliphatic heterocycles. The highest BCUT2D eigenvalue weighted by molar-refractivity contribution is 5.99. The summed E-state index contributed by atoms with van der Waals surface area (Å²) in [4.78, 5) is 37.6. The third kappa shape index (κ3) is 4.42. The molecule has 2 aromatic carbocycles. The van der Waals surface area contributed by atoms with Gasteiger partial charge in [-0.1, -0.05) is 30.3 Å². The highest BCUT2D eigenvalue weighted by Crippen LogP contribution is 2.39. The van der Waals surface area contributed by atoms with Gasteiger partial charge in [0.2, 0.25) is 0 Å². The molecule has 0 atom stereocenters. The van der Waals surface area contributed by atoms with E-state index in [1.807, 2.05) is 19.1 Å². The summed E-state index contributed by atoms with van der Waals surface area (Å²) in [5.41, 5.74) is 3.74. The van der Waals surface area contributed by atoms with Gasteiger partial charge in [-0.25, -0.2) is 14.4 Å². The Balaban J connectivity index is 1.97. The van der Waals surface area contributed by atoms with Crippen molar-refractivity contribution in [3.63, 3.8) is 0 Å². The predicted octanol–water partition coefficient (Wildman–Crippen LogP) is 3.80. The second kappa shape index (κ2) is 9.51. The van der Waals surface area contributed by atoms with Gasteiger partial charge < -0.3 is 19.5 Å². The molecule has 0 fully saturated rings. The third-order valence-electron chi connectivity index (χ3n) is 5.36. The molecule has 166 valence electrons. The summed E-state index contributed by atoms with van der Waals surface area (Å²) in [6.07, 6.45) is 0. The van der Waals surface area contributed by atoms with E-state index >= 15 is 0 Å². The number of carbonyl (C=O) groups is 3. The summed E-state index contributed by atoms with van der Waals surface area (Å²) in [7, 11) is 2.58. The lowest BCUT2D eigenvalue weighted by Crippen LogP contribution is -2.32. The van der Waals surface area contributed by atoms with Gasteiger partial charge in [0.05, 0.1) is 36.8 Å². The first kappa shape index (κ1) is 22.8. The van der Waals surface area contributed by atoms with Gasteiger partial charge in [-0.3, -0.25) is 0 Å². The Kier molecular flexibility index (Phi) is 6.78. The lowest BCUT2D eigenvalue weighted by atomic mass is 9.80. The molecule has 0 saturated heterocycles. The first-order valence-electron chi connectivity index (χ1n) is 10.0. The number of benzene rings is 2. The molecule has 0 amide bonds. The zero-order chi connectivity index (χ0) is 23.4. The van der Waals surface area contributed by atoms with Crippen LogP contribution in [0.1, 0.15) is 41.3 Å². The van der Waals surface area contributed by atoms with Gasteiger partial charge in [-0.15, -0.1) is 0 Å². The highest BCUT2D eigenvalue weighted by atomic mass is 16.5. The molecule has 2 aromatic rings. The van der Waals surface area contributed by atoms with Crippen LogP contribution in [0, 0.1) is 6.92 Å². The smallest absolute Gasteiger partial charge is 0.343 e. The van der Waals surface area contributed by atoms with Crippen LogP contribution in [-0.4, -0.2) is 32.1 Å². The Labute approximate surface area is 186 Å². The predicted molar refractivity (Wildman–Crippen MR) is 118 cm³/mol. The molecule has 1 aliphatic rings. The van der Waals surface area contributed by atoms with Crippen molar-refractivity contribution in [2.45, 2.75) is 26.7 Å². The number of methoxy groups -OCH3 is 2. The Morgan fingerprint density at radius 3 is 1.78 bits per heavy atom. The van der Waals surface area contributed by atoms with E-state index in [2.05, 4.69) is 5.32 Å². The van der Waals surface area contributed by atoms with Crippen molar-refractivity contribution < 1.29 is 28.6 Å². The molecule has 0 saturated carbocycles. The third-order valence-corrected chi connectivity index (χ3v) is 5.36. The zero-order valence-electron chi connectivity index (χ0n) is 18.6. The summed E-state index contributed by atoms with van der Waals surface area (Å²) in [6.45, 7) is 5.33. The van der Waals surface area contributed by atoms with Crippen LogP contribution in [0.25, 0.3) is 0 Å². The lowest BCUT2D eigenvalue weighted by Gasteiger charge is -2.30. The van der Waals surface area contributed by atoms with E-state index in [0.717, 1.165) is 5.56 Å². The van der Waals surface area contributed by atoms with Crippen molar-refractivity contribution in [3.8, 4) is 5.75 Å². The van der Waals surface area contributed by atoms with Crippen LogP contribution in [0.3, 0.4) is 0 Å². The van der Waals surface area contributed by atoms with Gasteiger partial charge in [-0.05, 0) is 50.1 Å². The van der Waals surface area contributed by atoms with Crippen LogP contribution < -0.4 is 10.1 Å². The van der Waals surface area contributed by atoms with E-state index in [9.17, 15) is 14.4 Å². The molecule has 7 nitrogen and oxygen atoms in total. The fraction of sp³-hybridized carbons (Fsp3) is 0.240. The van der Waals surface area contributed by atoms with Gasteiger partial charge >= 0.3 is 17.9 Å². The fourth-order valence-electron chi connectivity index (χ4n) is 3.78. The minimum absolute atomic E-state index is 0.308. The number of esters is 3. The van der Waals surface area contributed by atoms with Crippen LogP contribution >= 0.6 is 0 Å². The van der Waals surface area contributed by atoms with Crippen molar-refractivity contribution in [2.24, 2.45) is 0 Å². The van der Waals surface area contributed by atoms with Crippen LogP contribution in [0.5, 0.6) is 5.75 Å². The fourth-order valence-corrected chi connectivity index (χ4v) is 3.78. The second-order valence-electron chi connectivity index (χ2n) is 7.39. The Hall–Kier alpha value is -3.87. The van der Waals surface area contributed by atoms with Crippen molar-refractivity contribution in [1.29, 1.82) is 0 Å². The zero-order valence-corrected chi connectivity index (χ0v) is 18.6. The molecular formula is C25H25NO6. The number of carbonyl (C=O) groups excluding carboxylic acids is 3. The van der Waals surface area contributed by atoms with Crippen molar-refractivity contribution >= 4 is 17.9 Å². The molecule has 1 N–H and O–H groups in total. The molecule has 3 rings (SSSR count). The number of allylic oxidation sites excluding steroid dienone is 2. The lowest BCUT2D eigenvalue weighted by molar-refractivity contribution is -0.137. The molecule has 0 unspecified atom stereocenters. The van der Waals surface area contributed by atoms with Crippen molar-refractivity contribution in [3.05, 3.63) is 87.8 Å². The number of nitrogens with one attached hydrogen (secondary N) is 1. The molecule has 0 spiro atoms. The average molecular weight is 435 g/mol. The van der Waals surface area contributed by atoms with Gasteiger partial charge in [0.25, 0.3) is 0 Å². The van der Waals surface area contributed by atoms with Crippen LogP contribution in [-0.2, 0) is 19.1 Å². The summed E-state index contributed by atoms with van der Waals surface area (Å²) in [6, 6.07) is 13.8. The minimum Gasteiger partial charge on any atom is -0.466 e. The molecule has 7 heteroatoms. The van der Waals surface area contributed by atoms with Crippen LogP contribution in [0.4, 0.5) is 0 Å². The number of hydrogen-bond donors (Lipinski definition) is 1. The summed E-state index contributed by atoms with van der Waals surface area (Å²) >= 11 is 0. The SMILES string of the molecule is COC(=O)C1=C(C)NC(C)=C(C(=O)OC)C1c1ccc(OC(=O)c2ccccc2C)cc1. The highest BCUT2D eigenvalue weighted by Gasteiger charge is 2.37. The number of hydrogen-bond acceptors (Lipinski definition) is 7. The standard InChI is InChI=1S/C25H25NO6/c1-14-8-6-7-9-19(14)23(27)32-18-12-10-17(11-13-18)22-20(24(28)30-4)15(2)26-16(3)21(22)25(29)31-5/h6-13,22,26H,1-5H3. The van der Waals surface area contributed by atoms with Gasteiger partial charge in [0.1, 0.15) is 5.75 Å². The number of rotatable bonds is 5. The molecule has 0 aromatic heterocycles. The first-order chi connectivity index (χ1) is 15.3. The summed E-state index contributed by atoms with van der Waals surface area (Å²) in [5, 5.41) is 3.06. The maximum absolute atomic E-state index is 12.6. The molecule has 0 radical (unpaired) electrons.